The van der Waals surface area contributed by atoms with Gasteiger partial charge >= 0.3 is 0 Å². The molecule has 0 saturated heterocycles. The highest BCUT2D eigenvalue weighted by Gasteiger charge is 2.24. The summed E-state index contributed by atoms with van der Waals surface area (Å²) in [5.41, 5.74) is 3.91. The van der Waals surface area contributed by atoms with Gasteiger partial charge in [-0.25, -0.2) is 0 Å². The topological polar surface area (TPSA) is 57.9 Å². The van der Waals surface area contributed by atoms with E-state index in [1.165, 1.54) is 5.56 Å². The Hall–Kier alpha value is -2.54. The molecule has 0 aliphatic heterocycles. The van der Waals surface area contributed by atoms with Gasteiger partial charge in [0, 0.05) is 12.3 Å². The molecule has 1 aromatic carbocycles. The van der Waals surface area contributed by atoms with Gasteiger partial charge in [-0.2, -0.15) is 5.26 Å². The van der Waals surface area contributed by atoms with Crippen LogP contribution in [0.5, 0.6) is 5.75 Å². The Kier molecular flexibility index (Phi) is 3.26. The predicted octanol–water partition coefficient (Wildman–Crippen LogP) is 3.06. The van der Waals surface area contributed by atoms with Crippen LogP contribution in [0.3, 0.4) is 0 Å². The number of pyridine rings is 1. The summed E-state index contributed by atoms with van der Waals surface area (Å²) in [7, 11) is 1.61. The van der Waals surface area contributed by atoms with Crippen LogP contribution >= 0.6 is 0 Å². The number of ether oxygens (including phenoxy) is 1. The van der Waals surface area contributed by atoms with E-state index in [0.717, 1.165) is 24.2 Å². The molecule has 1 aliphatic carbocycles. The molecule has 0 bridgehead atoms. The van der Waals surface area contributed by atoms with Crippen LogP contribution in [0, 0.1) is 11.3 Å². The molecule has 0 radical (unpaired) electrons. The van der Waals surface area contributed by atoms with Gasteiger partial charge < -0.3 is 10.1 Å². The highest BCUT2D eigenvalue weighted by atomic mass is 16.5. The summed E-state index contributed by atoms with van der Waals surface area (Å²) in [5.74, 6) is 0.688. The highest BCUT2D eigenvalue weighted by molar-refractivity contribution is 5.60. The van der Waals surface area contributed by atoms with Crippen LogP contribution in [0.2, 0.25) is 0 Å². The normalized spacial score (nSPS) is 16.3. The van der Waals surface area contributed by atoms with Crippen LogP contribution in [-0.2, 0) is 6.42 Å². The van der Waals surface area contributed by atoms with Gasteiger partial charge in [0.25, 0.3) is 0 Å². The summed E-state index contributed by atoms with van der Waals surface area (Å²) >= 11 is 0. The summed E-state index contributed by atoms with van der Waals surface area (Å²) in [6, 6.07) is 11.8. The van der Waals surface area contributed by atoms with Gasteiger partial charge in [0.1, 0.15) is 5.75 Å². The minimum Gasteiger partial charge on any atom is -0.495 e. The molecule has 3 rings (SSSR count). The monoisotopic (exact) mass is 265 g/mol. The van der Waals surface area contributed by atoms with Crippen molar-refractivity contribution in [3.8, 4) is 11.8 Å². The van der Waals surface area contributed by atoms with Crippen molar-refractivity contribution in [3.63, 3.8) is 0 Å². The number of fused-ring (bicyclic) bond motifs is 1. The fourth-order valence-corrected chi connectivity index (χ4v) is 2.62. The third-order valence-corrected chi connectivity index (χ3v) is 3.62. The van der Waals surface area contributed by atoms with Crippen molar-refractivity contribution in [1.29, 1.82) is 5.26 Å². The molecule has 1 unspecified atom stereocenters. The first-order valence-corrected chi connectivity index (χ1v) is 6.60. The zero-order chi connectivity index (χ0) is 13.9. The average molecular weight is 265 g/mol. The molecule has 20 heavy (non-hydrogen) atoms. The number of aromatic nitrogens is 1. The number of nitriles is 1. The lowest BCUT2D eigenvalue weighted by Gasteiger charge is -2.17. The lowest BCUT2D eigenvalue weighted by molar-refractivity contribution is 0.415. The Morgan fingerprint density at radius 3 is 3.10 bits per heavy atom. The average Bonchev–Trinajstić information content (AvgIpc) is 2.91. The van der Waals surface area contributed by atoms with E-state index < -0.39 is 0 Å². The Labute approximate surface area is 118 Å². The highest BCUT2D eigenvalue weighted by Crippen LogP contribution is 2.35. The molecule has 100 valence electrons. The fourth-order valence-electron chi connectivity index (χ4n) is 2.62. The quantitative estimate of drug-likeness (QED) is 0.926. The second-order valence-corrected chi connectivity index (χ2v) is 4.81. The number of methoxy groups -OCH3 is 1. The number of anilines is 1. The van der Waals surface area contributed by atoms with Crippen LogP contribution in [-0.4, -0.2) is 12.1 Å². The minimum absolute atomic E-state index is 0.202. The van der Waals surface area contributed by atoms with Crippen LogP contribution in [0.25, 0.3) is 0 Å². The molecule has 4 heteroatoms. The fraction of sp³-hybridized carbons (Fsp3) is 0.250. The van der Waals surface area contributed by atoms with Crippen LogP contribution in [0.1, 0.15) is 29.3 Å². The van der Waals surface area contributed by atoms with Crippen LogP contribution < -0.4 is 10.1 Å². The zero-order valence-corrected chi connectivity index (χ0v) is 11.3. The number of nitrogens with one attached hydrogen (secondary N) is 1. The van der Waals surface area contributed by atoms with E-state index in [1.807, 2.05) is 18.3 Å². The van der Waals surface area contributed by atoms with E-state index in [-0.39, 0.29) is 6.04 Å². The summed E-state index contributed by atoms with van der Waals surface area (Å²) < 4.78 is 5.35. The second-order valence-electron chi connectivity index (χ2n) is 4.81. The number of hydrogen-bond acceptors (Lipinski definition) is 4. The van der Waals surface area contributed by atoms with Crippen molar-refractivity contribution in [3.05, 3.63) is 53.3 Å². The number of aryl methyl sites for hydroxylation is 1. The lowest BCUT2D eigenvalue weighted by Crippen LogP contribution is -2.09. The van der Waals surface area contributed by atoms with E-state index in [9.17, 15) is 0 Å². The van der Waals surface area contributed by atoms with Gasteiger partial charge in [0.2, 0.25) is 0 Å². The lowest BCUT2D eigenvalue weighted by atomic mass is 10.1. The maximum absolute atomic E-state index is 8.93. The number of benzene rings is 1. The van der Waals surface area contributed by atoms with E-state index in [2.05, 4.69) is 22.4 Å². The van der Waals surface area contributed by atoms with Crippen molar-refractivity contribution in [2.24, 2.45) is 0 Å². The first kappa shape index (κ1) is 12.5. The van der Waals surface area contributed by atoms with Gasteiger partial charge in [0.15, 0.2) is 0 Å². The minimum atomic E-state index is 0.202. The summed E-state index contributed by atoms with van der Waals surface area (Å²) in [6.45, 7) is 0. The van der Waals surface area contributed by atoms with Crippen molar-refractivity contribution in [2.45, 2.75) is 18.9 Å². The van der Waals surface area contributed by atoms with Crippen LogP contribution in [0.15, 0.2) is 36.5 Å². The van der Waals surface area contributed by atoms with Gasteiger partial charge in [0.05, 0.1) is 36.2 Å². The van der Waals surface area contributed by atoms with E-state index >= 15 is 0 Å². The molecule has 4 nitrogen and oxygen atoms in total. The molecule has 1 atom stereocenters. The second kappa shape index (κ2) is 5.22. The first-order chi connectivity index (χ1) is 9.81. The standard InChI is InChI=1S/C16H15N3O/c1-20-15-9-11(10-17)4-6-13(15)19-14-7-5-12-3-2-8-18-16(12)14/h2-4,6,8-9,14,19H,5,7H2,1H3. The van der Waals surface area contributed by atoms with Crippen LogP contribution in [0.4, 0.5) is 5.69 Å². The predicted molar refractivity (Wildman–Crippen MR) is 76.6 cm³/mol. The van der Waals surface area contributed by atoms with E-state index in [4.69, 9.17) is 10.00 Å². The summed E-state index contributed by atoms with van der Waals surface area (Å²) in [4.78, 5) is 4.47. The maximum Gasteiger partial charge on any atom is 0.143 e. The molecule has 1 heterocycles. The van der Waals surface area contributed by atoms with Crippen molar-refractivity contribution in [2.75, 3.05) is 12.4 Å². The Morgan fingerprint density at radius 1 is 1.40 bits per heavy atom. The van der Waals surface area contributed by atoms with Crippen molar-refractivity contribution < 1.29 is 4.74 Å². The molecular weight excluding hydrogens is 250 g/mol. The third-order valence-electron chi connectivity index (χ3n) is 3.62. The smallest absolute Gasteiger partial charge is 0.143 e. The molecule has 0 spiro atoms. The van der Waals surface area contributed by atoms with Gasteiger partial charge in [-0.3, -0.25) is 4.98 Å². The third kappa shape index (κ3) is 2.19. The zero-order valence-electron chi connectivity index (χ0n) is 11.3. The molecule has 0 amide bonds. The molecule has 0 fully saturated rings. The molecule has 2 aromatic rings. The molecule has 0 saturated carbocycles. The Bertz CT molecular complexity index is 676. The largest absolute Gasteiger partial charge is 0.495 e. The van der Waals surface area contributed by atoms with E-state index in [0.29, 0.717) is 11.3 Å². The van der Waals surface area contributed by atoms with Gasteiger partial charge in [-0.15, -0.1) is 0 Å². The van der Waals surface area contributed by atoms with Gasteiger partial charge in [-0.05, 0) is 36.6 Å². The van der Waals surface area contributed by atoms with Crippen molar-refractivity contribution in [1.82, 2.24) is 4.98 Å². The Morgan fingerprint density at radius 2 is 2.30 bits per heavy atom. The number of nitrogens with zero attached hydrogens (tertiary/aromatic N) is 2. The van der Waals surface area contributed by atoms with E-state index in [1.54, 1.807) is 19.2 Å². The summed E-state index contributed by atoms with van der Waals surface area (Å²) in [5, 5.41) is 12.4. The maximum atomic E-state index is 8.93. The van der Waals surface area contributed by atoms with Gasteiger partial charge in [-0.1, -0.05) is 6.07 Å². The summed E-state index contributed by atoms with van der Waals surface area (Å²) in [6.07, 6.45) is 3.89. The molecule has 1 aromatic heterocycles. The first-order valence-electron chi connectivity index (χ1n) is 6.60. The van der Waals surface area contributed by atoms with Crippen molar-refractivity contribution >= 4 is 5.69 Å². The molecule has 1 aliphatic rings. The SMILES string of the molecule is COc1cc(C#N)ccc1NC1CCc2cccnc21. The number of rotatable bonds is 3. The Balaban J connectivity index is 1.88. The molecular formula is C16H15N3O. The number of hydrogen-bond donors (Lipinski definition) is 1. The molecule has 1 N–H and O–H groups in total.